The van der Waals surface area contributed by atoms with Crippen molar-refractivity contribution in [2.45, 2.75) is 79.8 Å². The topological polar surface area (TPSA) is 97.9 Å². The molecule has 0 heterocycles. The molecule has 2 rings (SSSR count). The lowest BCUT2D eigenvalue weighted by atomic mass is 9.89. The molecule has 0 atom stereocenters. The Morgan fingerprint density at radius 1 is 1.00 bits per heavy atom. The minimum atomic E-state index is -0.450. The van der Waals surface area contributed by atoms with Crippen LogP contribution in [0.1, 0.15) is 78.7 Å². The number of hydrogen-bond donors (Lipinski definition) is 3. The first kappa shape index (κ1) is 37.5. The molecule has 0 unspecified atom stereocenters. The van der Waals surface area contributed by atoms with Gasteiger partial charge in [-0.2, -0.15) is 0 Å². The Balaban J connectivity index is 0.00000111. The predicted octanol–water partition coefficient (Wildman–Crippen LogP) is 7.12. The molecule has 0 bridgehead atoms. The summed E-state index contributed by atoms with van der Waals surface area (Å²) in [6, 6.07) is 9.59. The van der Waals surface area contributed by atoms with E-state index < -0.39 is 6.09 Å². The number of benzene rings is 1. The van der Waals surface area contributed by atoms with Crippen LogP contribution in [0.3, 0.4) is 0 Å². The lowest BCUT2D eigenvalue weighted by Crippen LogP contribution is -2.32. The second-order valence-corrected chi connectivity index (χ2v) is 9.35. The maximum absolute atomic E-state index is 12.1. The molecule has 1 aromatic carbocycles. The van der Waals surface area contributed by atoms with E-state index in [2.05, 4.69) is 27.5 Å². The van der Waals surface area contributed by atoms with E-state index in [0.29, 0.717) is 12.3 Å². The molecule has 230 valence electrons. The van der Waals surface area contributed by atoms with Crippen LogP contribution in [0.4, 0.5) is 4.79 Å². The molecule has 0 spiro atoms. The van der Waals surface area contributed by atoms with Crippen molar-refractivity contribution in [2.24, 2.45) is 5.92 Å². The molecular formula is C33H53N3O5. The fourth-order valence-corrected chi connectivity index (χ4v) is 4.11. The van der Waals surface area contributed by atoms with Crippen molar-refractivity contribution >= 4 is 12.1 Å². The summed E-state index contributed by atoms with van der Waals surface area (Å²) < 4.78 is 15.3. The van der Waals surface area contributed by atoms with Crippen molar-refractivity contribution in [3.63, 3.8) is 0 Å². The van der Waals surface area contributed by atoms with Crippen LogP contribution in [-0.2, 0) is 25.6 Å². The Labute approximate surface area is 248 Å². The largest absolute Gasteiger partial charge is 0.497 e. The molecule has 3 N–H and O–H groups in total. The highest BCUT2D eigenvalue weighted by molar-refractivity contribution is 5.72. The van der Waals surface area contributed by atoms with Gasteiger partial charge in [-0.1, -0.05) is 83.0 Å². The number of carbonyl (C=O) groups is 2. The first-order valence-electron chi connectivity index (χ1n) is 14.5. The van der Waals surface area contributed by atoms with Crippen LogP contribution >= 0.6 is 0 Å². The van der Waals surface area contributed by atoms with Gasteiger partial charge in [0.2, 0.25) is 0 Å². The molecule has 1 amide bonds. The van der Waals surface area contributed by atoms with Crippen molar-refractivity contribution in [3.05, 3.63) is 82.8 Å². The number of alkyl carbamates (subject to hydrolysis) is 1. The molecular weight excluding hydrogens is 518 g/mol. The SMILES string of the molecule is C=C(C)\C(=C/C=C(C)/C(NNC)=C(/CC)CNC(=O)OCc1ccccc1)OC.CC.COC(=O)C1CCCCC1. The first-order chi connectivity index (χ1) is 19.8. The molecule has 1 saturated carbocycles. The number of esters is 1. The van der Waals surface area contributed by atoms with Crippen LogP contribution in [-0.4, -0.2) is 39.9 Å². The van der Waals surface area contributed by atoms with Gasteiger partial charge in [0.25, 0.3) is 0 Å². The highest BCUT2D eigenvalue weighted by Gasteiger charge is 2.21. The van der Waals surface area contributed by atoms with Gasteiger partial charge in [-0.25, -0.2) is 10.2 Å². The van der Waals surface area contributed by atoms with Gasteiger partial charge in [-0.3, -0.25) is 4.79 Å². The van der Waals surface area contributed by atoms with Crippen LogP contribution in [0.15, 0.2) is 77.2 Å². The monoisotopic (exact) mass is 571 g/mol. The second kappa shape index (κ2) is 23.2. The van der Waals surface area contributed by atoms with Crippen molar-refractivity contribution < 1.29 is 23.8 Å². The summed E-state index contributed by atoms with van der Waals surface area (Å²) in [7, 11) is 4.89. The molecule has 1 aliphatic carbocycles. The summed E-state index contributed by atoms with van der Waals surface area (Å²) in [6.07, 6.45) is 9.89. The van der Waals surface area contributed by atoms with Gasteiger partial charge in [0.05, 0.1) is 25.8 Å². The van der Waals surface area contributed by atoms with Crippen molar-refractivity contribution in [1.82, 2.24) is 16.2 Å². The van der Waals surface area contributed by atoms with Crippen LogP contribution in [0.5, 0.6) is 0 Å². The Bertz CT molecular complexity index is 993. The molecule has 8 heteroatoms. The standard InChI is InChI=1S/C23H33N3O3.C8H14O2.C2H6/c1-7-20(15-25-23(27)29-16-19-11-9-8-10-12-19)22(26-24-5)18(4)13-14-21(28-6)17(2)3;1-10-8(9)7-5-3-2-4-6-7;1-2/h8-14,24,26H,2,7,15-16H2,1,3-6H3,(H,25,27);7H,2-6H2,1H3;1-2H3/b18-13+,21-14+,22-20+;;. The summed E-state index contributed by atoms with van der Waals surface area (Å²) in [6.45, 7) is 14.4. The number of methoxy groups -OCH3 is 2. The molecule has 8 nitrogen and oxygen atoms in total. The van der Waals surface area contributed by atoms with Gasteiger partial charge in [0, 0.05) is 13.6 Å². The number of hydrogen-bond acceptors (Lipinski definition) is 7. The smallest absolute Gasteiger partial charge is 0.407 e. The number of nitrogens with one attached hydrogen (secondary N) is 3. The summed E-state index contributed by atoms with van der Waals surface area (Å²) >= 11 is 0. The van der Waals surface area contributed by atoms with Gasteiger partial charge >= 0.3 is 12.1 Å². The number of amides is 1. The molecule has 41 heavy (non-hydrogen) atoms. The quantitative estimate of drug-likeness (QED) is 0.106. The average molecular weight is 572 g/mol. The van der Waals surface area contributed by atoms with Crippen LogP contribution in [0.25, 0.3) is 0 Å². The van der Waals surface area contributed by atoms with E-state index in [1.165, 1.54) is 26.4 Å². The zero-order chi connectivity index (χ0) is 31.0. The minimum Gasteiger partial charge on any atom is -0.497 e. The molecule has 1 aromatic rings. The lowest BCUT2D eigenvalue weighted by molar-refractivity contribution is -0.146. The minimum absolute atomic E-state index is 0.0142. The fourth-order valence-electron chi connectivity index (χ4n) is 4.11. The van der Waals surface area contributed by atoms with E-state index >= 15 is 0 Å². The second-order valence-electron chi connectivity index (χ2n) is 9.35. The summed E-state index contributed by atoms with van der Waals surface area (Å²) in [5.41, 5.74) is 10.9. The number of allylic oxidation sites excluding steroid dienone is 4. The van der Waals surface area contributed by atoms with Gasteiger partial charge in [0.15, 0.2) is 0 Å². The molecule has 0 aromatic heterocycles. The third-order valence-corrected chi connectivity index (χ3v) is 6.35. The summed E-state index contributed by atoms with van der Waals surface area (Å²) in [5, 5.41) is 2.82. The Morgan fingerprint density at radius 2 is 1.63 bits per heavy atom. The van der Waals surface area contributed by atoms with Crippen molar-refractivity contribution in [1.29, 1.82) is 0 Å². The molecule has 1 fully saturated rings. The Kier molecular flexibility index (Phi) is 21.2. The average Bonchev–Trinajstić information content (AvgIpc) is 3.01. The van der Waals surface area contributed by atoms with E-state index in [1.54, 1.807) is 14.2 Å². The maximum atomic E-state index is 12.1. The normalized spacial score (nSPS) is 14.1. The van der Waals surface area contributed by atoms with Gasteiger partial charge in [0.1, 0.15) is 12.4 Å². The number of rotatable bonds is 12. The predicted molar refractivity (Wildman–Crippen MR) is 168 cm³/mol. The Hall–Kier alpha value is -3.52. The molecule has 0 aliphatic heterocycles. The van der Waals surface area contributed by atoms with Crippen LogP contribution in [0.2, 0.25) is 0 Å². The summed E-state index contributed by atoms with van der Waals surface area (Å²) in [4.78, 5) is 23.0. The number of hydrazine groups is 1. The lowest BCUT2D eigenvalue weighted by Gasteiger charge is -2.18. The van der Waals surface area contributed by atoms with Crippen molar-refractivity contribution in [2.75, 3.05) is 27.8 Å². The van der Waals surface area contributed by atoms with E-state index in [9.17, 15) is 9.59 Å². The molecule has 0 radical (unpaired) electrons. The number of ether oxygens (including phenoxy) is 3. The van der Waals surface area contributed by atoms with Crippen LogP contribution < -0.4 is 16.2 Å². The summed E-state index contributed by atoms with van der Waals surface area (Å²) in [5.74, 6) is 0.910. The fraction of sp³-hybridized carbons (Fsp3) is 0.515. The van der Waals surface area contributed by atoms with Gasteiger partial charge in [-0.15, -0.1) is 0 Å². The highest BCUT2D eigenvalue weighted by Crippen LogP contribution is 2.24. The highest BCUT2D eigenvalue weighted by atomic mass is 16.5. The van der Waals surface area contributed by atoms with Crippen molar-refractivity contribution in [3.8, 4) is 0 Å². The van der Waals surface area contributed by atoms with E-state index in [-0.39, 0.29) is 18.5 Å². The third kappa shape index (κ3) is 15.7. The van der Waals surface area contributed by atoms with Crippen LogP contribution in [0, 0.1) is 5.92 Å². The molecule has 1 aliphatic rings. The van der Waals surface area contributed by atoms with Gasteiger partial charge in [-0.05, 0) is 61.5 Å². The van der Waals surface area contributed by atoms with E-state index in [0.717, 1.165) is 47.2 Å². The van der Waals surface area contributed by atoms with E-state index in [1.807, 2.05) is 77.1 Å². The zero-order valence-electron chi connectivity index (χ0n) is 26.5. The first-order valence-corrected chi connectivity index (χ1v) is 14.5. The number of carbonyl (C=O) groups excluding carboxylic acids is 2. The maximum Gasteiger partial charge on any atom is 0.407 e. The van der Waals surface area contributed by atoms with E-state index in [4.69, 9.17) is 9.47 Å². The third-order valence-electron chi connectivity index (χ3n) is 6.35. The van der Waals surface area contributed by atoms with Gasteiger partial charge < -0.3 is 25.0 Å². The Morgan fingerprint density at radius 3 is 2.15 bits per heavy atom. The zero-order valence-corrected chi connectivity index (χ0v) is 26.5. The molecule has 0 saturated heterocycles.